The van der Waals surface area contributed by atoms with Gasteiger partial charge in [-0.3, -0.25) is 9.59 Å². The molecule has 1 heterocycles. The summed E-state index contributed by atoms with van der Waals surface area (Å²) in [6, 6.07) is 8.91. The molecule has 2 aromatic rings. The minimum Gasteiger partial charge on any atom is -0.480 e. The highest BCUT2D eigenvalue weighted by molar-refractivity contribution is 8.00. The van der Waals surface area contributed by atoms with Gasteiger partial charge in [0.05, 0.1) is 5.56 Å². The molecule has 7 heteroatoms. The molecule has 1 aliphatic heterocycles. The first-order valence-corrected chi connectivity index (χ1v) is 9.00. The monoisotopic (exact) mass is 377 g/mol. The molecule has 1 N–H and O–H groups in total. The lowest BCUT2D eigenvalue weighted by Gasteiger charge is -2.30. The average molecular weight is 377 g/mol. The van der Waals surface area contributed by atoms with E-state index >= 15 is 0 Å². The zero-order chi connectivity index (χ0) is 18.8. The van der Waals surface area contributed by atoms with Crippen LogP contribution in [0.25, 0.3) is 0 Å². The van der Waals surface area contributed by atoms with Crippen molar-refractivity contribution in [3.8, 4) is 0 Å². The van der Waals surface area contributed by atoms with Crippen LogP contribution >= 0.6 is 11.8 Å². The molecule has 2 aromatic carbocycles. The van der Waals surface area contributed by atoms with Crippen molar-refractivity contribution in [3.63, 3.8) is 0 Å². The predicted octanol–water partition coefficient (Wildman–Crippen LogP) is 3.73. The summed E-state index contributed by atoms with van der Waals surface area (Å²) in [6.45, 7) is 1.81. The molecular formula is C19H17F2NO3S. The number of nitrogens with zero attached hydrogens (tertiary/aromatic N) is 1. The smallest absolute Gasteiger partial charge is 0.316 e. The summed E-state index contributed by atoms with van der Waals surface area (Å²) in [5.41, 5.74) is 0.885. The topological polar surface area (TPSA) is 57.6 Å². The van der Waals surface area contributed by atoms with Gasteiger partial charge in [-0.25, -0.2) is 8.78 Å². The van der Waals surface area contributed by atoms with Crippen molar-refractivity contribution in [2.45, 2.75) is 30.0 Å². The van der Waals surface area contributed by atoms with Crippen molar-refractivity contribution in [2.75, 3.05) is 6.54 Å². The highest BCUT2D eigenvalue weighted by Crippen LogP contribution is 2.30. The molecule has 136 valence electrons. The number of carboxylic acids is 1. The summed E-state index contributed by atoms with van der Waals surface area (Å²) < 4.78 is 27.9. The quantitative estimate of drug-likeness (QED) is 0.825. The number of fused-ring (bicyclic) bond motifs is 1. The number of carbonyl (C=O) groups is 2. The van der Waals surface area contributed by atoms with E-state index < -0.39 is 22.9 Å². The van der Waals surface area contributed by atoms with Crippen molar-refractivity contribution >= 4 is 23.6 Å². The first kappa shape index (κ1) is 18.4. The molecule has 3 rings (SSSR count). The van der Waals surface area contributed by atoms with Gasteiger partial charge in [0.15, 0.2) is 0 Å². The normalized spacial score (nSPS) is 14.7. The number of carbonyl (C=O) groups excluding carboxylic acids is 1. The number of halogens is 2. The van der Waals surface area contributed by atoms with Crippen LogP contribution < -0.4 is 0 Å². The first-order valence-electron chi connectivity index (χ1n) is 8.12. The van der Waals surface area contributed by atoms with Gasteiger partial charge in [0.25, 0.3) is 5.91 Å². The van der Waals surface area contributed by atoms with Crippen molar-refractivity contribution < 1.29 is 23.5 Å². The second-order valence-electron chi connectivity index (χ2n) is 6.06. The fourth-order valence-corrected chi connectivity index (χ4v) is 3.85. The number of carboxylic acid groups (broad SMARTS) is 1. The van der Waals surface area contributed by atoms with Gasteiger partial charge in [0.2, 0.25) is 0 Å². The van der Waals surface area contributed by atoms with Crippen LogP contribution in [0.4, 0.5) is 8.78 Å². The Kier molecular flexibility index (Phi) is 5.27. The molecule has 0 aliphatic carbocycles. The Morgan fingerprint density at radius 2 is 1.77 bits per heavy atom. The van der Waals surface area contributed by atoms with E-state index in [0.717, 1.165) is 23.9 Å². The van der Waals surface area contributed by atoms with E-state index in [0.29, 0.717) is 16.0 Å². The summed E-state index contributed by atoms with van der Waals surface area (Å²) in [7, 11) is 0. The third-order valence-corrected chi connectivity index (χ3v) is 5.52. The molecular weight excluding hydrogens is 360 g/mol. The van der Waals surface area contributed by atoms with Gasteiger partial charge in [-0.05, 0) is 43.2 Å². The first-order chi connectivity index (χ1) is 12.4. The molecule has 1 aliphatic rings. The zero-order valence-corrected chi connectivity index (χ0v) is 14.9. The van der Waals surface area contributed by atoms with E-state index in [9.17, 15) is 18.4 Å². The van der Waals surface area contributed by atoms with Gasteiger partial charge in [0.1, 0.15) is 16.9 Å². The van der Waals surface area contributed by atoms with E-state index in [4.69, 9.17) is 5.11 Å². The Labute approximate surface area is 153 Å². The predicted molar refractivity (Wildman–Crippen MR) is 94.2 cm³/mol. The van der Waals surface area contributed by atoms with Gasteiger partial charge in [0, 0.05) is 23.5 Å². The Morgan fingerprint density at radius 1 is 1.12 bits per heavy atom. The second-order valence-corrected chi connectivity index (χ2v) is 7.44. The number of benzene rings is 2. The van der Waals surface area contributed by atoms with Crippen molar-refractivity contribution in [1.82, 2.24) is 4.90 Å². The van der Waals surface area contributed by atoms with Gasteiger partial charge in [-0.15, -0.1) is 11.8 Å². The van der Waals surface area contributed by atoms with E-state index in [2.05, 4.69) is 0 Å². The van der Waals surface area contributed by atoms with Crippen LogP contribution in [-0.2, 0) is 17.8 Å². The van der Waals surface area contributed by atoms with Crippen LogP contribution in [0.3, 0.4) is 0 Å². The molecule has 0 saturated carbocycles. The Bertz CT molecular complexity index is 872. The van der Waals surface area contributed by atoms with Crippen LogP contribution in [0, 0.1) is 11.6 Å². The van der Waals surface area contributed by atoms with Crippen molar-refractivity contribution in [1.29, 1.82) is 0 Å². The van der Waals surface area contributed by atoms with E-state index in [1.165, 1.54) is 4.90 Å². The highest BCUT2D eigenvalue weighted by atomic mass is 32.2. The zero-order valence-electron chi connectivity index (χ0n) is 14.0. The van der Waals surface area contributed by atoms with Crippen LogP contribution in [-0.4, -0.2) is 33.7 Å². The Balaban J connectivity index is 1.87. The lowest BCUT2D eigenvalue weighted by Crippen LogP contribution is -2.37. The van der Waals surface area contributed by atoms with Crippen LogP contribution in [0.1, 0.15) is 28.4 Å². The molecule has 0 spiro atoms. The standard InChI is InChI=1S/C19H17F2NO3S/c1-11(19(24)25)26-17-5-3-2-4-13(17)18(23)22-9-8-12-14(10-22)16(21)7-6-15(12)20/h2-7,11H,8-10H2,1H3,(H,24,25). The van der Waals surface area contributed by atoms with E-state index in [1.54, 1.807) is 31.2 Å². The number of thioether (sulfide) groups is 1. The summed E-state index contributed by atoms with van der Waals surface area (Å²) in [6.07, 6.45) is 0.242. The second kappa shape index (κ2) is 7.45. The molecule has 1 amide bonds. The lowest BCUT2D eigenvalue weighted by molar-refractivity contribution is -0.136. The minimum absolute atomic E-state index is 0.00869. The van der Waals surface area contributed by atoms with Crippen molar-refractivity contribution in [3.05, 3.63) is 64.7 Å². The molecule has 1 unspecified atom stereocenters. The third-order valence-electron chi connectivity index (χ3n) is 4.35. The SMILES string of the molecule is CC(Sc1ccccc1C(=O)N1CCc2c(F)ccc(F)c2C1)C(=O)O. The summed E-state index contributed by atoms with van der Waals surface area (Å²) in [5, 5.41) is 8.38. The number of hydrogen-bond donors (Lipinski definition) is 1. The average Bonchev–Trinajstić information content (AvgIpc) is 2.64. The number of rotatable bonds is 4. The molecule has 0 bridgehead atoms. The van der Waals surface area contributed by atoms with Gasteiger partial charge in [-0.2, -0.15) is 0 Å². The highest BCUT2D eigenvalue weighted by Gasteiger charge is 2.27. The van der Waals surface area contributed by atoms with E-state index in [1.807, 2.05) is 0 Å². The fraction of sp³-hybridized carbons (Fsp3) is 0.263. The summed E-state index contributed by atoms with van der Waals surface area (Å²) in [4.78, 5) is 26.0. The molecule has 4 nitrogen and oxygen atoms in total. The van der Waals surface area contributed by atoms with E-state index in [-0.39, 0.29) is 31.0 Å². The largest absolute Gasteiger partial charge is 0.480 e. The minimum atomic E-state index is -0.971. The summed E-state index contributed by atoms with van der Waals surface area (Å²) >= 11 is 1.08. The maximum Gasteiger partial charge on any atom is 0.316 e. The molecule has 0 saturated heterocycles. The number of amides is 1. The van der Waals surface area contributed by atoms with Crippen LogP contribution in [0.15, 0.2) is 41.3 Å². The molecule has 26 heavy (non-hydrogen) atoms. The molecule has 0 aromatic heterocycles. The maximum absolute atomic E-state index is 14.1. The van der Waals surface area contributed by atoms with Gasteiger partial charge < -0.3 is 10.0 Å². The van der Waals surface area contributed by atoms with Crippen molar-refractivity contribution in [2.24, 2.45) is 0 Å². The number of hydrogen-bond acceptors (Lipinski definition) is 3. The Hall–Kier alpha value is -2.41. The molecule has 1 atom stereocenters. The van der Waals surface area contributed by atoms with Crippen LogP contribution in [0.2, 0.25) is 0 Å². The lowest BCUT2D eigenvalue weighted by atomic mass is 9.98. The van der Waals surface area contributed by atoms with Gasteiger partial charge in [-0.1, -0.05) is 12.1 Å². The third kappa shape index (κ3) is 3.58. The maximum atomic E-state index is 14.1. The molecule has 0 radical (unpaired) electrons. The van der Waals surface area contributed by atoms with Gasteiger partial charge >= 0.3 is 5.97 Å². The number of aliphatic carboxylic acids is 1. The summed E-state index contributed by atoms with van der Waals surface area (Å²) in [5.74, 6) is -2.28. The fourth-order valence-electron chi connectivity index (χ4n) is 2.92. The Morgan fingerprint density at radius 3 is 2.46 bits per heavy atom. The van der Waals surface area contributed by atoms with Crippen LogP contribution in [0.5, 0.6) is 0 Å². The molecule has 0 fully saturated rings.